The van der Waals surface area contributed by atoms with E-state index in [2.05, 4.69) is 15.7 Å². The van der Waals surface area contributed by atoms with E-state index in [1.807, 2.05) is 31.2 Å². The van der Waals surface area contributed by atoms with Crippen molar-refractivity contribution < 1.29 is 14.0 Å². The predicted molar refractivity (Wildman–Crippen MR) is 72.6 cm³/mol. The molecule has 20 heavy (non-hydrogen) atoms. The minimum atomic E-state index is -0.207. The second kappa shape index (κ2) is 6.81. The van der Waals surface area contributed by atoms with Crippen LogP contribution in [0.2, 0.25) is 0 Å². The summed E-state index contributed by atoms with van der Waals surface area (Å²) in [5, 5.41) is 7.91. The monoisotopic (exact) mass is 275 g/mol. The number of hydrogen-bond donors (Lipinski definition) is 1. The van der Waals surface area contributed by atoms with E-state index in [1.54, 1.807) is 6.92 Å². The number of hydroxylamine groups is 1. The molecule has 0 aliphatic heterocycles. The molecule has 0 fully saturated rings. The summed E-state index contributed by atoms with van der Waals surface area (Å²) in [6.07, 6.45) is 0.632. The normalized spacial score (nSPS) is 10.5. The summed E-state index contributed by atoms with van der Waals surface area (Å²) in [5.41, 5.74) is 4.35. The quantitative estimate of drug-likeness (QED) is 0.816. The lowest BCUT2D eigenvalue weighted by Gasteiger charge is -2.01. The predicted octanol–water partition coefficient (Wildman–Crippen LogP) is 2.05. The molecule has 1 amide bonds. The zero-order chi connectivity index (χ0) is 14.4. The van der Waals surface area contributed by atoms with Gasteiger partial charge in [-0.2, -0.15) is 0 Å². The van der Waals surface area contributed by atoms with Gasteiger partial charge < -0.3 is 4.42 Å². The number of nitrogens with one attached hydrogen (secondary N) is 1. The van der Waals surface area contributed by atoms with Gasteiger partial charge in [-0.1, -0.05) is 17.7 Å². The summed E-state index contributed by atoms with van der Waals surface area (Å²) in [7, 11) is 0. The van der Waals surface area contributed by atoms with Gasteiger partial charge in [-0.25, -0.2) is 5.48 Å². The van der Waals surface area contributed by atoms with E-state index in [9.17, 15) is 4.79 Å². The van der Waals surface area contributed by atoms with Crippen LogP contribution >= 0.6 is 0 Å². The molecule has 0 spiro atoms. The first-order valence-electron chi connectivity index (χ1n) is 6.49. The molecule has 0 radical (unpaired) electrons. The maximum Gasteiger partial charge on any atom is 0.247 e. The standard InChI is InChI=1S/C14H17N3O3/c1-3-19-17-12(18)8-9-13-15-16-14(20-13)11-6-4-10(2)5-7-11/h4-7H,3,8-9H2,1-2H3,(H,17,18). The van der Waals surface area contributed by atoms with Crippen LogP contribution < -0.4 is 5.48 Å². The maximum atomic E-state index is 11.4. The van der Waals surface area contributed by atoms with Crippen molar-refractivity contribution in [3.63, 3.8) is 0 Å². The summed E-state index contributed by atoms with van der Waals surface area (Å²) in [6, 6.07) is 7.81. The highest BCUT2D eigenvalue weighted by Crippen LogP contribution is 2.18. The van der Waals surface area contributed by atoms with Crippen LogP contribution in [0, 0.1) is 6.92 Å². The van der Waals surface area contributed by atoms with E-state index in [1.165, 1.54) is 5.56 Å². The fourth-order valence-electron chi connectivity index (χ4n) is 1.59. The average Bonchev–Trinajstić information content (AvgIpc) is 2.92. The summed E-state index contributed by atoms with van der Waals surface area (Å²) in [5.74, 6) is 0.694. The van der Waals surface area contributed by atoms with Gasteiger partial charge in [0.25, 0.3) is 0 Å². The van der Waals surface area contributed by atoms with Gasteiger partial charge in [-0.3, -0.25) is 9.63 Å². The van der Waals surface area contributed by atoms with Crippen molar-refractivity contribution in [3.05, 3.63) is 35.7 Å². The highest BCUT2D eigenvalue weighted by molar-refractivity contribution is 5.74. The first kappa shape index (κ1) is 14.2. The summed E-state index contributed by atoms with van der Waals surface area (Å²) < 4.78 is 5.52. The molecule has 1 aromatic heterocycles. The van der Waals surface area contributed by atoms with Crippen LogP contribution in [0.3, 0.4) is 0 Å². The van der Waals surface area contributed by atoms with Crippen molar-refractivity contribution in [1.29, 1.82) is 0 Å². The molecule has 1 heterocycles. The molecule has 0 aliphatic carbocycles. The van der Waals surface area contributed by atoms with Crippen LogP contribution in [-0.4, -0.2) is 22.7 Å². The van der Waals surface area contributed by atoms with E-state index < -0.39 is 0 Å². The molecule has 6 heteroatoms. The van der Waals surface area contributed by atoms with Crippen molar-refractivity contribution in [2.45, 2.75) is 26.7 Å². The van der Waals surface area contributed by atoms with Crippen LogP contribution in [-0.2, 0) is 16.1 Å². The Morgan fingerprint density at radius 2 is 2.05 bits per heavy atom. The van der Waals surface area contributed by atoms with E-state index in [4.69, 9.17) is 9.25 Å². The lowest BCUT2D eigenvalue weighted by atomic mass is 10.1. The molecule has 0 atom stereocenters. The van der Waals surface area contributed by atoms with E-state index in [0.717, 1.165) is 5.56 Å². The molecule has 2 aromatic rings. The maximum absolute atomic E-state index is 11.4. The first-order valence-corrected chi connectivity index (χ1v) is 6.49. The summed E-state index contributed by atoms with van der Waals surface area (Å²) >= 11 is 0. The second-order valence-electron chi connectivity index (χ2n) is 4.33. The van der Waals surface area contributed by atoms with Gasteiger partial charge in [-0.15, -0.1) is 10.2 Å². The number of carbonyl (C=O) groups is 1. The topological polar surface area (TPSA) is 77.2 Å². The number of rotatable bonds is 6. The molecule has 0 aliphatic rings. The van der Waals surface area contributed by atoms with Gasteiger partial charge >= 0.3 is 0 Å². The van der Waals surface area contributed by atoms with Crippen LogP contribution in [0.15, 0.2) is 28.7 Å². The number of hydrogen-bond acceptors (Lipinski definition) is 5. The van der Waals surface area contributed by atoms with Crippen molar-refractivity contribution in [3.8, 4) is 11.5 Å². The highest BCUT2D eigenvalue weighted by atomic mass is 16.6. The molecule has 106 valence electrons. The molecule has 1 N–H and O–H groups in total. The smallest absolute Gasteiger partial charge is 0.247 e. The first-order chi connectivity index (χ1) is 9.69. The van der Waals surface area contributed by atoms with E-state index >= 15 is 0 Å². The zero-order valence-corrected chi connectivity index (χ0v) is 11.5. The molecule has 0 saturated carbocycles. The van der Waals surface area contributed by atoms with Crippen molar-refractivity contribution in [2.75, 3.05) is 6.61 Å². The van der Waals surface area contributed by atoms with Crippen LogP contribution in [0.4, 0.5) is 0 Å². The number of aromatic nitrogens is 2. The third-order valence-electron chi connectivity index (χ3n) is 2.66. The van der Waals surface area contributed by atoms with E-state index in [-0.39, 0.29) is 12.3 Å². The Bertz CT molecular complexity index is 563. The van der Waals surface area contributed by atoms with Crippen molar-refractivity contribution in [2.24, 2.45) is 0 Å². The lowest BCUT2D eigenvalue weighted by Crippen LogP contribution is -2.23. The Hall–Kier alpha value is -2.21. The number of nitrogens with zero attached hydrogens (tertiary/aromatic N) is 2. The Morgan fingerprint density at radius 1 is 1.30 bits per heavy atom. The van der Waals surface area contributed by atoms with Crippen LogP contribution in [0.1, 0.15) is 24.8 Å². The molecule has 6 nitrogen and oxygen atoms in total. The molecule has 0 saturated heterocycles. The molecule has 2 rings (SSSR count). The minimum Gasteiger partial charge on any atom is -0.421 e. The minimum absolute atomic E-state index is 0.207. The fourth-order valence-corrected chi connectivity index (χ4v) is 1.59. The van der Waals surface area contributed by atoms with Crippen LogP contribution in [0.5, 0.6) is 0 Å². The molecular weight excluding hydrogens is 258 g/mol. The molecular formula is C14H17N3O3. The SMILES string of the molecule is CCONC(=O)CCc1nnc(-c2ccc(C)cc2)o1. The second-order valence-corrected chi connectivity index (χ2v) is 4.33. The number of benzene rings is 1. The highest BCUT2D eigenvalue weighted by Gasteiger charge is 2.10. The molecule has 0 unspecified atom stereocenters. The Morgan fingerprint density at radius 3 is 2.75 bits per heavy atom. The third kappa shape index (κ3) is 3.89. The molecule has 1 aromatic carbocycles. The average molecular weight is 275 g/mol. The summed E-state index contributed by atoms with van der Waals surface area (Å²) in [6.45, 7) is 4.25. The third-order valence-corrected chi connectivity index (χ3v) is 2.66. The lowest BCUT2D eigenvalue weighted by molar-refractivity contribution is -0.133. The van der Waals surface area contributed by atoms with Gasteiger partial charge in [-0.05, 0) is 26.0 Å². The Labute approximate surface area is 117 Å². The number of carbonyl (C=O) groups excluding carboxylic acids is 1. The van der Waals surface area contributed by atoms with Crippen LogP contribution in [0.25, 0.3) is 11.5 Å². The zero-order valence-electron chi connectivity index (χ0n) is 11.5. The van der Waals surface area contributed by atoms with Gasteiger partial charge in [0.05, 0.1) is 6.61 Å². The van der Waals surface area contributed by atoms with Gasteiger partial charge in [0, 0.05) is 18.4 Å². The summed E-state index contributed by atoms with van der Waals surface area (Å²) in [4.78, 5) is 16.2. The Balaban J connectivity index is 1.92. The number of aryl methyl sites for hydroxylation is 2. The van der Waals surface area contributed by atoms with Gasteiger partial charge in [0.2, 0.25) is 17.7 Å². The van der Waals surface area contributed by atoms with Gasteiger partial charge in [0.1, 0.15) is 0 Å². The Kier molecular flexibility index (Phi) is 4.84. The largest absolute Gasteiger partial charge is 0.421 e. The number of amides is 1. The van der Waals surface area contributed by atoms with E-state index in [0.29, 0.717) is 24.8 Å². The molecule has 0 bridgehead atoms. The van der Waals surface area contributed by atoms with Gasteiger partial charge in [0.15, 0.2) is 0 Å². The fraction of sp³-hybridized carbons (Fsp3) is 0.357. The van der Waals surface area contributed by atoms with Crippen molar-refractivity contribution >= 4 is 5.91 Å². The van der Waals surface area contributed by atoms with Crippen molar-refractivity contribution in [1.82, 2.24) is 15.7 Å².